The Labute approximate surface area is 106 Å². The number of nitrogen functional groups attached to an aromatic ring is 1. The van der Waals surface area contributed by atoms with Crippen LogP contribution in [0.4, 0.5) is 10.1 Å². The van der Waals surface area contributed by atoms with E-state index in [4.69, 9.17) is 10.5 Å². The normalized spacial score (nSPS) is 11.3. The molecule has 0 aromatic heterocycles. The van der Waals surface area contributed by atoms with Gasteiger partial charge in [-0.25, -0.2) is 4.39 Å². The molecule has 0 aliphatic heterocycles. The number of benzene rings is 1. The number of rotatable bonds is 4. The van der Waals surface area contributed by atoms with Crippen molar-refractivity contribution in [3.8, 4) is 0 Å². The van der Waals surface area contributed by atoms with E-state index >= 15 is 0 Å². The number of halogens is 1. The lowest BCUT2D eigenvalue weighted by Gasteiger charge is -2.19. The molecule has 0 radical (unpaired) electrons. The molecule has 0 unspecified atom stereocenters. The third kappa shape index (κ3) is 4.71. The van der Waals surface area contributed by atoms with Gasteiger partial charge in [-0.15, -0.1) is 0 Å². The summed E-state index contributed by atoms with van der Waals surface area (Å²) in [5.74, 6) is -0.818. The van der Waals surface area contributed by atoms with Crippen molar-refractivity contribution in [1.82, 2.24) is 5.32 Å². The van der Waals surface area contributed by atoms with E-state index in [1.165, 1.54) is 18.2 Å². The van der Waals surface area contributed by atoms with Gasteiger partial charge in [0, 0.05) is 12.1 Å². The largest absolute Gasteiger partial charge is 0.396 e. The standard InChI is InChI=1S/C13H19FN2O2/c1-13(2,3)18-7-6-16-12(17)9-4-5-10(14)11(15)8-9/h4-5,8H,6-7,15H2,1-3H3,(H,16,17). The van der Waals surface area contributed by atoms with Crippen LogP contribution in [0.2, 0.25) is 0 Å². The number of carbonyl (C=O) groups is 1. The number of ether oxygens (including phenoxy) is 1. The zero-order valence-electron chi connectivity index (χ0n) is 10.9. The van der Waals surface area contributed by atoms with Crippen molar-refractivity contribution in [2.45, 2.75) is 26.4 Å². The summed E-state index contributed by atoms with van der Waals surface area (Å²) in [6.45, 7) is 6.64. The summed E-state index contributed by atoms with van der Waals surface area (Å²) in [6.07, 6.45) is 0. The number of hydrogen-bond acceptors (Lipinski definition) is 3. The predicted octanol–water partition coefficient (Wildman–Crippen LogP) is 1.95. The Morgan fingerprint density at radius 1 is 1.44 bits per heavy atom. The van der Waals surface area contributed by atoms with Crippen molar-refractivity contribution in [3.63, 3.8) is 0 Å². The van der Waals surface area contributed by atoms with Crippen LogP contribution in [0.25, 0.3) is 0 Å². The summed E-state index contributed by atoms with van der Waals surface area (Å²) in [5, 5.41) is 2.68. The molecule has 0 heterocycles. The molecule has 100 valence electrons. The van der Waals surface area contributed by atoms with Gasteiger partial charge in [0.1, 0.15) is 5.82 Å². The third-order valence-electron chi connectivity index (χ3n) is 2.18. The average molecular weight is 254 g/mol. The molecular formula is C13H19FN2O2. The Hall–Kier alpha value is -1.62. The van der Waals surface area contributed by atoms with Crippen molar-refractivity contribution in [2.75, 3.05) is 18.9 Å². The Kier molecular flexibility index (Phi) is 4.67. The number of carbonyl (C=O) groups excluding carboxylic acids is 1. The van der Waals surface area contributed by atoms with E-state index in [0.717, 1.165) is 0 Å². The third-order valence-corrected chi connectivity index (χ3v) is 2.18. The summed E-state index contributed by atoms with van der Waals surface area (Å²) in [6, 6.07) is 3.89. The zero-order valence-corrected chi connectivity index (χ0v) is 10.9. The van der Waals surface area contributed by atoms with Gasteiger partial charge in [-0.05, 0) is 39.0 Å². The lowest BCUT2D eigenvalue weighted by Crippen LogP contribution is -2.30. The summed E-state index contributed by atoms with van der Waals surface area (Å²) >= 11 is 0. The smallest absolute Gasteiger partial charge is 0.251 e. The predicted molar refractivity (Wildman–Crippen MR) is 68.9 cm³/mol. The van der Waals surface area contributed by atoms with E-state index in [9.17, 15) is 9.18 Å². The second-order valence-electron chi connectivity index (χ2n) is 4.95. The second-order valence-corrected chi connectivity index (χ2v) is 4.95. The highest BCUT2D eigenvalue weighted by atomic mass is 19.1. The van der Waals surface area contributed by atoms with Crippen molar-refractivity contribution in [2.24, 2.45) is 0 Å². The molecule has 0 fully saturated rings. The lowest BCUT2D eigenvalue weighted by atomic mass is 10.2. The SMILES string of the molecule is CC(C)(C)OCCNC(=O)c1ccc(F)c(N)c1. The van der Waals surface area contributed by atoms with Gasteiger partial charge in [0.15, 0.2) is 0 Å². The minimum absolute atomic E-state index is 0.0337. The Morgan fingerprint density at radius 3 is 2.67 bits per heavy atom. The van der Waals surface area contributed by atoms with Crippen LogP contribution in [-0.2, 0) is 4.74 Å². The summed E-state index contributed by atoms with van der Waals surface area (Å²) in [4.78, 5) is 11.7. The molecule has 0 atom stereocenters. The minimum Gasteiger partial charge on any atom is -0.396 e. The summed E-state index contributed by atoms with van der Waals surface area (Å²) in [5.41, 5.74) is 5.46. The average Bonchev–Trinajstić information content (AvgIpc) is 2.26. The fourth-order valence-electron chi connectivity index (χ4n) is 1.31. The van der Waals surface area contributed by atoms with Gasteiger partial charge in [0.2, 0.25) is 0 Å². The Morgan fingerprint density at radius 2 is 2.11 bits per heavy atom. The van der Waals surface area contributed by atoms with Crippen molar-refractivity contribution in [3.05, 3.63) is 29.6 Å². The van der Waals surface area contributed by atoms with Crippen LogP contribution in [0.15, 0.2) is 18.2 Å². The molecule has 1 aromatic carbocycles. The van der Waals surface area contributed by atoms with Gasteiger partial charge in [0.05, 0.1) is 17.9 Å². The van der Waals surface area contributed by atoms with Crippen molar-refractivity contribution >= 4 is 11.6 Å². The molecule has 3 N–H and O–H groups in total. The van der Waals surface area contributed by atoms with Crippen LogP contribution in [0.1, 0.15) is 31.1 Å². The molecule has 4 nitrogen and oxygen atoms in total. The molecule has 0 saturated carbocycles. The quantitative estimate of drug-likeness (QED) is 0.637. The molecule has 1 rings (SSSR count). The van der Waals surface area contributed by atoms with Gasteiger partial charge in [-0.2, -0.15) is 0 Å². The Bertz CT molecular complexity index is 427. The zero-order chi connectivity index (χ0) is 13.8. The van der Waals surface area contributed by atoms with E-state index in [-0.39, 0.29) is 17.2 Å². The van der Waals surface area contributed by atoms with E-state index in [2.05, 4.69) is 5.32 Å². The molecule has 0 saturated heterocycles. The minimum atomic E-state index is -0.525. The van der Waals surface area contributed by atoms with Crippen LogP contribution in [0, 0.1) is 5.82 Å². The van der Waals surface area contributed by atoms with Gasteiger partial charge in [0.25, 0.3) is 5.91 Å². The van der Waals surface area contributed by atoms with Gasteiger partial charge in [-0.1, -0.05) is 0 Å². The first-order chi connectivity index (χ1) is 8.29. The molecular weight excluding hydrogens is 235 g/mol. The topological polar surface area (TPSA) is 64.3 Å². The first-order valence-electron chi connectivity index (χ1n) is 5.77. The van der Waals surface area contributed by atoms with Crippen LogP contribution in [-0.4, -0.2) is 24.7 Å². The maximum atomic E-state index is 12.9. The monoisotopic (exact) mass is 254 g/mol. The van der Waals surface area contributed by atoms with E-state index in [0.29, 0.717) is 18.7 Å². The van der Waals surface area contributed by atoms with Gasteiger partial charge >= 0.3 is 0 Å². The number of anilines is 1. The molecule has 1 aromatic rings. The number of nitrogens with two attached hydrogens (primary N) is 1. The molecule has 1 amide bonds. The van der Waals surface area contributed by atoms with E-state index in [1.54, 1.807) is 0 Å². The highest BCUT2D eigenvalue weighted by Gasteiger charge is 2.11. The van der Waals surface area contributed by atoms with Crippen LogP contribution >= 0.6 is 0 Å². The van der Waals surface area contributed by atoms with Crippen LogP contribution < -0.4 is 11.1 Å². The van der Waals surface area contributed by atoms with Crippen molar-refractivity contribution in [1.29, 1.82) is 0 Å². The first kappa shape index (κ1) is 14.4. The summed E-state index contributed by atoms with van der Waals surface area (Å²) < 4.78 is 18.4. The molecule has 18 heavy (non-hydrogen) atoms. The van der Waals surface area contributed by atoms with E-state index < -0.39 is 5.82 Å². The van der Waals surface area contributed by atoms with E-state index in [1.807, 2.05) is 20.8 Å². The van der Waals surface area contributed by atoms with Crippen LogP contribution in [0.5, 0.6) is 0 Å². The van der Waals surface area contributed by atoms with Gasteiger partial charge < -0.3 is 15.8 Å². The molecule has 0 aliphatic carbocycles. The van der Waals surface area contributed by atoms with Crippen LogP contribution in [0.3, 0.4) is 0 Å². The van der Waals surface area contributed by atoms with Gasteiger partial charge in [-0.3, -0.25) is 4.79 Å². The Balaban J connectivity index is 2.43. The molecule has 0 bridgehead atoms. The number of amides is 1. The number of hydrogen-bond donors (Lipinski definition) is 2. The molecule has 0 spiro atoms. The fraction of sp³-hybridized carbons (Fsp3) is 0.462. The highest BCUT2D eigenvalue weighted by molar-refractivity contribution is 5.94. The maximum Gasteiger partial charge on any atom is 0.251 e. The summed E-state index contributed by atoms with van der Waals surface area (Å²) in [7, 11) is 0. The maximum absolute atomic E-state index is 12.9. The number of nitrogens with one attached hydrogen (secondary N) is 1. The second kappa shape index (κ2) is 5.82. The first-order valence-corrected chi connectivity index (χ1v) is 5.77. The lowest BCUT2D eigenvalue weighted by molar-refractivity contribution is -0.000652. The molecule has 5 heteroatoms. The fourth-order valence-corrected chi connectivity index (χ4v) is 1.31. The van der Waals surface area contributed by atoms with Crippen molar-refractivity contribution < 1.29 is 13.9 Å². The highest BCUT2D eigenvalue weighted by Crippen LogP contribution is 2.12. The molecule has 0 aliphatic rings.